The number of carbonyl (C=O) groups is 1. The molecule has 28 heavy (non-hydrogen) atoms. The van der Waals surface area contributed by atoms with Crippen LogP contribution in [0.5, 0.6) is 11.5 Å². The fraction of sp³-hybridized carbons (Fsp3) is 0.0909. The third-order valence-corrected chi connectivity index (χ3v) is 4.38. The van der Waals surface area contributed by atoms with Gasteiger partial charge in [-0.1, -0.05) is 30.3 Å². The number of aromatic hydroxyl groups is 1. The summed E-state index contributed by atoms with van der Waals surface area (Å²) < 4.78 is 12.5. The number of hydrogen-bond acceptors (Lipinski definition) is 5. The first-order chi connectivity index (χ1) is 13.7. The molecule has 1 N–H and O–H groups in total. The van der Waals surface area contributed by atoms with Crippen LogP contribution in [0.25, 0.3) is 16.9 Å². The SMILES string of the molecule is COC(=O)c1cc(-c2cn3cccc(O)c3n2)ccc1OCc1ccccc1. The Morgan fingerprint density at radius 3 is 2.68 bits per heavy atom. The first-order valence-corrected chi connectivity index (χ1v) is 8.72. The summed E-state index contributed by atoms with van der Waals surface area (Å²) in [6.07, 6.45) is 3.58. The van der Waals surface area contributed by atoms with E-state index >= 15 is 0 Å². The molecule has 4 aromatic rings. The van der Waals surface area contributed by atoms with Crippen molar-refractivity contribution in [1.29, 1.82) is 0 Å². The van der Waals surface area contributed by atoms with Crippen LogP contribution in [-0.4, -0.2) is 27.6 Å². The van der Waals surface area contributed by atoms with Crippen LogP contribution in [0.3, 0.4) is 0 Å². The molecule has 0 bridgehead atoms. The molecule has 2 heterocycles. The number of ether oxygens (including phenoxy) is 2. The summed E-state index contributed by atoms with van der Waals surface area (Å²) in [6.45, 7) is 0.340. The quantitative estimate of drug-likeness (QED) is 0.533. The van der Waals surface area contributed by atoms with Crippen molar-refractivity contribution in [2.75, 3.05) is 7.11 Å². The smallest absolute Gasteiger partial charge is 0.341 e. The van der Waals surface area contributed by atoms with E-state index in [-0.39, 0.29) is 5.75 Å². The predicted octanol–water partition coefficient (Wildman–Crippen LogP) is 4.07. The van der Waals surface area contributed by atoms with Crippen molar-refractivity contribution in [2.45, 2.75) is 6.61 Å². The van der Waals surface area contributed by atoms with Crippen LogP contribution in [0.2, 0.25) is 0 Å². The number of nitrogens with zero attached hydrogens (tertiary/aromatic N) is 2. The molecular weight excluding hydrogens is 356 g/mol. The number of esters is 1. The van der Waals surface area contributed by atoms with Crippen LogP contribution in [0.1, 0.15) is 15.9 Å². The third kappa shape index (κ3) is 3.40. The minimum Gasteiger partial charge on any atom is -0.504 e. The third-order valence-electron chi connectivity index (χ3n) is 4.38. The molecule has 0 aliphatic carbocycles. The summed E-state index contributed by atoms with van der Waals surface area (Å²) >= 11 is 0. The van der Waals surface area contributed by atoms with E-state index in [0.717, 1.165) is 11.1 Å². The van der Waals surface area contributed by atoms with Crippen molar-refractivity contribution in [3.05, 3.63) is 84.2 Å². The molecule has 4 rings (SSSR count). The highest BCUT2D eigenvalue weighted by Crippen LogP contribution is 2.29. The minimum absolute atomic E-state index is 0.0877. The van der Waals surface area contributed by atoms with Gasteiger partial charge >= 0.3 is 5.97 Å². The van der Waals surface area contributed by atoms with Gasteiger partial charge in [-0.25, -0.2) is 9.78 Å². The minimum atomic E-state index is -0.489. The molecular formula is C22H18N2O4. The molecule has 0 aliphatic heterocycles. The van der Waals surface area contributed by atoms with Crippen molar-refractivity contribution in [3.8, 4) is 22.8 Å². The van der Waals surface area contributed by atoms with Crippen LogP contribution >= 0.6 is 0 Å². The Morgan fingerprint density at radius 1 is 1.11 bits per heavy atom. The van der Waals surface area contributed by atoms with Crippen molar-refractivity contribution in [3.63, 3.8) is 0 Å². The van der Waals surface area contributed by atoms with Gasteiger partial charge in [0.2, 0.25) is 0 Å². The second-order valence-corrected chi connectivity index (χ2v) is 6.23. The lowest BCUT2D eigenvalue weighted by Gasteiger charge is -2.11. The van der Waals surface area contributed by atoms with Gasteiger partial charge < -0.3 is 19.0 Å². The maximum absolute atomic E-state index is 12.3. The molecule has 2 aromatic carbocycles. The number of fused-ring (bicyclic) bond motifs is 1. The lowest BCUT2D eigenvalue weighted by Crippen LogP contribution is -2.06. The van der Waals surface area contributed by atoms with Gasteiger partial charge in [0.1, 0.15) is 17.9 Å². The monoisotopic (exact) mass is 374 g/mol. The number of pyridine rings is 1. The second-order valence-electron chi connectivity index (χ2n) is 6.23. The Balaban J connectivity index is 1.69. The summed E-state index contributed by atoms with van der Waals surface area (Å²) in [5, 5.41) is 9.96. The van der Waals surface area contributed by atoms with Gasteiger partial charge in [0.25, 0.3) is 0 Å². The molecule has 0 atom stereocenters. The fourth-order valence-electron chi connectivity index (χ4n) is 2.96. The molecule has 0 saturated carbocycles. The number of rotatable bonds is 5. The first-order valence-electron chi connectivity index (χ1n) is 8.72. The Kier molecular flexibility index (Phi) is 4.68. The number of imidazole rings is 1. The average Bonchev–Trinajstić information content (AvgIpc) is 3.18. The van der Waals surface area contributed by atoms with Crippen LogP contribution < -0.4 is 4.74 Å². The number of hydrogen-bond donors (Lipinski definition) is 1. The summed E-state index contributed by atoms with van der Waals surface area (Å²) in [7, 11) is 1.33. The molecule has 0 radical (unpaired) electrons. The van der Waals surface area contributed by atoms with E-state index in [9.17, 15) is 9.90 Å². The topological polar surface area (TPSA) is 73.1 Å². The van der Waals surface area contributed by atoms with Gasteiger partial charge in [0, 0.05) is 18.0 Å². The highest BCUT2D eigenvalue weighted by molar-refractivity contribution is 5.94. The van der Waals surface area contributed by atoms with Crippen molar-refractivity contribution in [2.24, 2.45) is 0 Å². The molecule has 6 heteroatoms. The molecule has 0 unspecified atom stereocenters. The maximum Gasteiger partial charge on any atom is 0.341 e. The fourth-order valence-corrected chi connectivity index (χ4v) is 2.96. The Hall–Kier alpha value is -3.80. The molecule has 0 saturated heterocycles. The largest absolute Gasteiger partial charge is 0.504 e. The zero-order valence-corrected chi connectivity index (χ0v) is 15.2. The lowest BCUT2D eigenvalue weighted by atomic mass is 10.1. The van der Waals surface area contributed by atoms with E-state index in [1.807, 2.05) is 36.4 Å². The zero-order chi connectivity index (χ0) is 19.5. The van der Waals surface area contributed by atoms with E-state index in [1.165, 1.54) is 7.11 Å². The van der Waals surface area contributed by atoms with E-state index in [4.69, 9.17) is 9.47 Å². The first kappa shape index (κ1) is 17.6. The van der Waals surface area contributed by atoms with Gasteiger partial charge in [-0.05, 0) is 35.9 Å². The average molecular weight is 374 g/mol. The standard InChI is InChI=1S/C22H18N2O4/c1-27-22(26)17-12-16(18-13-24-11-5-8-19(25)21(24)23-18)9-10-20(17)28-14-15-6-3-2-4-7-15/h2-13,25H,14H2,1H3. The summed E-state index contributed by atoms with van der Waals surface area (Å²) in [4.78, 5) is 16.7. The number of methoxy groups -OCH3 is 1. The Bertz CT molecular complexity index is 1140. The zero-order valence-electron chi connectivity index (χ0n) is 15.2. The normalized spacial score (nSPS) is 10.8. The Morgan fingerprint density at radius 2 is 1.93 bits per heavy atom. The predicted molar refractivity (Wildman–Crippen MR) is 104 cm³/mol. The van der Waals surface area contributed by atoms with Crippen LogP contribution in [-0.2, 0) is 11.3 Å². The van der Waals surface area contributed by atoms with E-state index in [0.29, 0.717) is 29.3 Å². The maximum atomic E-state index is 12.3. The highest BCUT2D eigenvalue weighted by atomic mass is 16.5. The molecule has 0 fully saturated rings. The lowest BCUT2D eigenvalue weighted by molar-refractivity contribution is 0.0595. The number of aromatic nitrogens is 2. The van der Waals surface area contributed by atoms with Crippen molar-refractivity contribution in [1.82, 2.24) is 9.38 Å². The van der Waals surface area contributed by atoms with Gasteiger partial charge in [-0.3, -0.25) is 0 Å². The van der Waals surface area contributed by atoms with Gasteiger partial charge in [0.15, 0.2) is 11.4 Å². The van der Waals surface area contributed by atoms with E-state index in [2.05, 4.69) is 4.98 Å². The van der Waals surface area contributed by atoms with Crippen LogP contribution in [0.15, 0.2) is 73.1 Å². The molecule has 0 aliphatic rings. The Labute approximate surface area is 161 Å². The number of benzene rings is 2. The number of carbonyl (C=O) groups excluding carboxylic acids is 1. The molecule has 140 valence electrons. The van der Waals surface area contributed by atoms with Crippen molar-refractivity contribution >= 4 is 11.6 Å². The summed E-state index contributed by atoms with van der Waals surface area (Å²) in [6, 6.07) is 18.3. The molecule has 2 aromatic heterocycles. The molecule has 6 nitrogen and oxygen atoms in total. The van der Waals surface area contributed by atoms with Gasteiger partial charge in [-0.15, -0.1) is 0 Å². The molecule has 0 spiro atoms. The van der Waals surface area contributed by atoms with Crippen LogP contribution in [0.4, 0.5) is 0 Å². The van der Waals surface area contributed by atoms with E-state index < -0.39 is 5.97 Å². The molecule has 0 amide bonds. The van der Waals surface area contributed by atoms with Gasteiger partial charge in [0.05, 0.1) is 12.8 Å². The highest BCUT2D eigenvalue weighted by Gasteiger charge is 2.16. The van der Waals surface area contributed by atoms with Crippen LogP contribution in [0, 0.1) is 0 Å². The second kappa shape index (κ2) is 7.44. The van der Waals surface area contributed by atoms with Gasteiger partial charge in [-0.2, -0.15) is 0 Å². The van der Waals surface area contributed by atoms with Crippen molar-refractivity contribution < 1.29 is 19.4 Å². The van der Waals surface area contributed by atoms with E-state index in [1.54, 1.807) is 41.1 Å². The summed E-state index contributed by atoms with van der Waals surface area (Å²) in [5.41, 5.74) is 3.11. The summed E-state index contributed by atoms with van der Waals surface area (Å²) in [5.74, 6) is 0.0346.